The lowest BCUT2D eigenvalue weighted by atomic mass is 10.1. The summed E-state index contributed by atoms with van der Waals surface area (Å²) in [5.74, 6) is -0.0587. The predicted molar refractivity (Wildman–Crippen MR) is 74.8 cm³/mol. The van der Waals surface area contributed by atoms with E-state index in [1.54, 1.807) is 29.8 Å². The van der Waals surface area contributed by atoms with Crippen LogP contribution >= 0.6 is 11.3 Å². The Labute approximate surface area is 118 Å². The highest BCUT2D eigenvalue weighted by Gasteiger charge is 2.29. The van der Waals surface area contributed by atoms with Crippen LogP contribution in [-0.4, -0.2) is 22.9 Å². The fourth-order valence-electron chi connectivity index (χ4n) is 1.85. The van der Waals surface area contributed by atoms with Crippen LogP contribution in [0.3, 0.4) is 0 Å². The summed E-state index contributed by atoms with van der Waals surface area (Å²) in [4.78, 5) is 27.6. The normalized spacial score (nSPS) is 16.8. The number of rotatable bonds is 3. The lowest BCUT2D eigenvalue weighted by Gasteiger charge is -2.25. The first-order chi connectivity index (χ1) is 9.72. The molecule has 2 heterocycles. The van der Waals surface area contributed by atoms with Crippen molar-refractivity contribution in [3.05, 3.63) is 35.8 Å². The quantitative estimate of drug-likeness (QED) is 0.904. The molecular formula is C13H11N3O3S. The molecule has 102 valence electrons. The highest BCUT2D eigenvalue weighted by atomic mass is 32.1. The smallest absolute Gasteiger partial charge is 0.266 e. The fraction of sp³-hybridized carbons (Fsp3) is 0.154. The molecule has 1 unspecified atom stereocenters. The van der Waals surface area contributed by atoms with Gasteiger partial charge in [0, 0.05) is 11.6 Å². The molecule has 2 amide bonds. The van der Waals surface area contributed by atoms with Crippen LogP contribution in [0, 0.1) is 0 Å². The summed E-state index contributed by atoms with van der Waals surface area (Å²) in [6.07, 6.45) is 0.713. The second-order valence-electron chi connectivity index (χ2n) is 4.18. The van der Waals surface area contributed by atoms with Crippen molar-refractivity contribution in [2.45, 2.75) is 12.5 Å². The van der Waals surface area contributed by atoms with E-state index >= 15 is 0 Å². The van der Waals surface area contributed by atoms with Crippen LogP contribution in [0.15, 0.2) is 35.8 Å². The summed E-state index contributed by atoms with van der Waals surface area (Å²) in [5, 5.41) is 7.61. The van der Waals surface area contributed by atoms with Crippen molar-refractivity contribution in [2.24, 2.45) is 0 Å². The van der Waals surface area contributed by atoms with E-state index in [0.29, 0.717) is 16.6 Å². The number of carbonyl (C=O) groups excluding carboxylic acids is 2. The topological polar surface area (TPSA) is 80.3 Å². The molecule has 1 atom stereocenters. The summed E-state index contributed by atoms with van der Waals surface area (Å²) >= 11 is 1.32. The lowest BCUT2D eigenvalue weighted by Crippen LogP contribution is -2.39. The first kappa shape index (κ1) is 12.6. The highest BCUT2D eigenvalue weighted by molar-refractivity contribution is 7.13. The van der Waals surface area contributed by atoms with Gasteiger partial charge in [0.1, 0.15) is 5.75 Å². The van der Waals surface area contributed by atoms with Crippen LogP contribution in [0.2, 0.25) is 0 Å². The second-order valence-corrected chi connectivity index (χ2v) is 5.08. The molecule has 7 heteroatoms. The van der Waals surface area contributed by atoms with Crippen molar-refractivity contribution >= 4 is 34.0 Å². The van der Waals surface area contributed by atoms with Crippen LogP contribution in [0.5, 0.6) is 5.75 Å². The minimum atomic E-state index is -0.829. The van der Waals surface area contributed by atoms with Crippen molar-refractivity contribution in [2.75, 3.05) is 10.6 Å². The van der Waals surface area contributed by atoms with Crippen LogP contribution in [0.4, 0.5) is 10.8 Å². The zero-order chi connectivity index (χ0) is 13.9. The summed E-state index contributed by atoms with van der Waals surface area (Å²) in [5.41, 5.74) is 0.620. The van der Waals surface area contributed by atoms with Crippen molar-refractivity contribution in [1.82, 2.24) is 4.98 Å². The summed E-state index contributed by atoms with van der Waals surface area (Å²) < 4.78 is 5.54. The molecule has 2 N–H and O–H groups in total. The van der Waals surface area contributed by atoms with Gasteiger partial charge in [-0.25, -0.2) is 4.98 Å². The Kier molecular flexibility index (Phi) is 3.34. The third-order valence-electron chi connectivity index (χ3n) is 2.76. The number of anilines is 2. The van der Waals surface area contributed by atoms with E-state index < -0.39 is 6.10 Å². The monoisotopic (exact) mass is 289 g/mol. The molecule has 0 bridgehead atoms. The molecule has 1 aromatic carbocycles. The Morgan fingerprint density at radius 3 is 3.10 bits per heavy atom. The molecule has 0 fully saturated rings. The Hall–Kier alpha value is -2.41. The van der Waals surface area contributed by atoms with E-state index in [-0.39, 0.29) is 18.2 Å². The average molecular weight is 289 g/mol. The van der Waals surface area contributed by atoms with Crippen LogP contribution in [0.25, 0.3) is 0 Å². The molecule has 0 aliphatic carbocycles. The van der Waals surface area contributed by atoms with Gasteiger partial charge >= 0.3 is 0 Å². The van der Waals surface area contributed by atoms with E-state index in [4.69, 9.17) is 4.74 Å². The molecule has 1 aliphatic rings. The highest BCUT2D eigenvalue weighted by Crippen LogP contribution is 2.29. The van der Waals surface area contributed by atoms with Gasteiger partial charge in [-0.1, -0.05) is 12.1 Å². The standard InChI is InChI=1S/C13H11N3O3S/c17-11(16-13-14-5-6-20-13)7-10-12(18)15-8-3-1-2-4-9(8)19-10/h1-6,10H,7H2,(H,15,18)(H,14,16,17). The molecule has 6 nitrogen and oxygen atoms in total. The third-order valence-corrected chi connectivity index (χ3v) is 3.44. The number of para-hydroxylation sites is 2. The van der Waals surface area contributed by atoms with Crippen LogP contribution in [-0.2, 0) is 9.59 Å². The maximum atomic E-state index is 11.9. The number of hydrogen-bond donors (Lipinski definition) is 2. The Morgan fingerprint density at radius 1 is 1.45 bits per heavy atom. The molecule has 0 saturated carbocycles. The lowest BCUT2D eigenvalue weighted by molar-refractivity contribution is -0.128. The van der Waals surface area contributed by atoms with Gasteiger partial charge in [0.05, 0.1) is 12.1 Å². The zero-order valence-corrected chi connectivity index (χ0v) is 11.1. The predicted octanol–water partition coefficient (Wildman–Crippen LogP) is 1.87. The molecule has 0 saturated heterocycles. The number of carbonyl (C=O) groups is 2. The van der Waals surface area contributed by atoms with Crippen LogP contribution < -0.4 is 15.4 Å². The number of amides is 2. The number of thiazole rings is 1. The number of hydrogen-bond acceptors (Lipinski definition) is 5. The number of nitrogens with one attached hydrogen (secondary N) is 2. The minimum Gasteiger partial charge on any atom is -0.478 e. The van der Waals surface area contributed by atoms with E-state index in [9.17, 15) is 9.59 Å². The summed E-state index contributed by atoms with van der Waals surface area (Å²) in [6.45, 7) is 0. The van der Waals surface area contributed by atoms with E-state index in [0.717, 1.165) is 0 Å². The van der Waals surface area contributed by atoms with Crippen LogP contribution in [0.1, 0.15) is 6.42 Å². The van der Waals surface area contributed by atoms with E-state index in [1.165, 1.54) is 11.3 Å². The maximum absolute atomic E-state index is 11.9. The van der Waals surface area contributed by atoms with Gasteiger partial charge < -0.3 is 15.4 Å². The molecule has 0 radical (unpaired) electrons. The van der Waals surface area contributed by atoms with Gasteiger partial charge in [-0.15, -0.1) is 11.3 Å². The molecular weight excluding hydrogens is 278 g/mol. The van der Waals surface area contributed by atoms with E-state index in [1.807, 2.05) is 6.07 Å². The fourth-order valence-corrected chi connectivity index (χ4v) is 2.40. The molecule has 1 aliphatic heterocycles. The van der Waals surface area contributed by atoms with Crippen molar-refractivity contribution < 1.29 is 14.3 Å². The number of benzene rings is 1. The average Bonchev–Trinajstić information content (AvgIpc) is 2.92. The number of ether oxygens (including phenoxy) is 1. The number of fused-ring (bicyclic) bond motifs is 1. The molecule has 20 heavy (non-hydrogen) atoms. The SMILES string of the molecule is O=C(CC1Oc2ccccc2NC1=O)Nc1nccs1. The molecule has 2 aromatic rings. The van der Waals surface area contributed by atoms with Gasteiger partial charge in [-0.05, 0) is 12.1 Å². The Morgan fingerprint density at radius 2 is 2.30 bits per heavy atom. The largest absolute Gasteiger partial charge is 0.478 e. The van der Waals surface area contributed by atoms with Gasteiger partial charge in [-0.2, -0.15) is 0 Å². The first-order valence-electron chi connectivity index (χ1n) is 5.98. The number of nitrogens with zero attached hydrogens (tertiary/aromatic N) is 1. The van der Waals surface area contributed by atoms with Gasteiger partial charge in [0.15, 0.2) is 11.2 Å². The third kappa shape index (κ3) is 2.62. The minimum absolute atomic E-state index is 0.0558. The Balaban J connectivity index is 1.66. The maximum Gasteiger partial charge on any atom is 0.266 e. The molecule has 3 rings (SSSR count). The second kappa shape index (κ2) is 5.30. The van der Waals surface area contributed by atoms with Gasteiger partial charge in [-0.3, -0.25) is 9.59 Å². The Bertz CT molecular complexity index is 642. The molecule has 1 aromatic heterocycles. The first-order valence-corrected chi connectivity index (χ1v) is 6.86. The zero-order valence-electron chi connectivity index (χ0n) is 10.3. The van der Waals surface area contributed by atoms with Crippen molar-refractivity contribution in [3.63, 3.8) is 0 Å². The van der Waals surface area contributed by atoms with Gasteiger partial charge in [0.25, 0.3) is 5.91 Å². The molecule has 0 spiro atoms. The number of aromatic nitrogens is 1. The van der Waals surface area contributed by atoms with Crippen molar-refractivity contribution in [1.29, 1.82) is 0 Å². The van der Waals surface area contributed by atoms with E-state index in [2.05, 4.69) is 15.6 Å². The van der Waals surface area contributed by atoms with Crippen molar-refractivity contribution in [3.8, 4) is 5.75 Å². The van der Waals surface area contributed by atoms with Gasteiger partial charge in [0.2, 0.25) is 5.91 Å². The summed E-state index contributed by atoms with van der Waals surface area (Å²) in [6, 6.07) is 7.11. The summed E-state index contributed by atoms with van der Waals surface area (Å²) in [7, 11) is 0.